The first kappa shape index (κ1) is 21.2. The van der Waals surface area contributed by atoms with Crippen molar-refractivity contribution >= 4 is 28.0 Å². The Bertz CT molecular complexity index is 1220. The van der Waals surface area contributed by atoms with Crippen molar-refractivity contribution in [3.05, 3.63) is 51.7 Å². The fourth-order valence-corrected chi connectivity index (χ4v) is 4.67. The van der Waals surface area contributed by atoms with Crippen molar-refractivity contribution in [2.24, 2.45) is 0 Å². The Kier molecular flexibility index (Phi) is 5.37. The molecule has 10 heteroatoms. The molecule has 0 radical (unpaired) electrons. The number of rotatable bonds is 5. The number of nitro benzene ring substituents is 1. The molecule has 1 fully saturated rings. The van der Waals surface area contributed by atoms with E-state index in [1.54, 1.807) is 6.07 Å². The number of benzene rings is 2. The van der Waals surface area contributed by atoms with Gasteiger partial charge in [-0.1, -0.05) is 6.07 Å². The van der Waals surface area contributed by atoms with Gasteiger partial charge in [-0.05, 0) is 50.7 Å². The first-order chi connectivity index (χ1) is 15.9. The van der Waals surface area contributed by atoms with Crippen molar-refractivity contribution in [2.45, 2.75) is 25.3 Å². The summed E-state index contributed by atoms with van der Waals surface area (Å²) >= 11 is 0. The zero-order chi connectivity index (χ0) is 23.1. The maximum absolute atomic E-state index is 11.6. The molecule has 3 heterocycles. The van der Waals surface area contributed by atoms with Gasteiger partial charge in [-0.2, -0.15) is 5.10 Å². The monoisotopic (exact) mass is 450 g/mol. The van der Waals surface area contributed by atoms with Crippen molar-refractivity contribution in [3.8, 4) is 11.5 Å². The molecule has 0 aliphatic carbocycles. The van der Waals surface area contributed by atoms with E-state index in [2.05, 4.69) is 34.1 Å². The fourth-order valence-electron chi connectivity index (χ4n) is 4.67. The molecule has 2 N–H and O–H groups in total. The highest BCUT2D eigenvalue weighted by Gasteiger charge is 2.26. The van der Waals surface area contributed by atoms with E-state index in [9.17, 15) is 10.1 Å². The number of fused-ring (bicyclic) bond motifs is 2. The SMILES string of the molecule is CN(C)C1CCN(c2nnc(Cc3ccc4c(c3)OCO4)c3c(N)c([N+](=O)[O-])ccc23)CC1. The molecular weight excluding hydrogens is 424 g/mol. The molecule has 0 atom stereocenters. The van der Waals surface area contributed by atoms with Crippen LogP contribution in [0.15, 0.2) is 30.3 Å². The summed E-state index contributed by atoms with van der Waals surface area (Å²) in [6.07, 6.45) is 2.43. The van der Waals surface area contributed by atoms with Crippen LogP contribution in [0.4, 0.5) is 17.2 Å². The highest BCUT2D eigenvalue weighted by molar-refractivity contribution is 6.04. The number of nitrogens with zero attached hydrogens (tertiary/aromatic N) is 5. The van der Waals surface area contributed by atoms with Crippen molar-refractivity contribution < 1.29 is 14.4 Å². The number of ether oxygens (including phenoxy) is 2. The van der Waals surface area contributed by atoms with Gasteiger partial charge in [0.2, 0.25) is 6.79 Å². The third-order valence-electron chi connectivity index (χ3n) is 6.52. The molecule has 172 valence electrons. The van der Waals surface area contributed by atoms with Gasteiger partial charge in [-0.15, -0.1) is 5.10 Å². The predicted octanol–water partition coefficient (Wildman–Crippen LogP) is 2.97. The van der Waals surface area contributed by atoms with Gasteiger partial charge in [0.1, 0.15) is 5.69 Å². The van der Waals surface area contributed by atoms with Gasteiger partial charge >= 0.3 is 0 Å². The maximum atomic E-state index is 11.6. The van der Waals surface area contributed by atoms with Crippen LogP contribution in [0.25, 0.3) is 10.8 Å². The normalized spacial score (nSPS) is 16.0. The first-order valence-corrected chi connectivity index (χ1v) is 10.9. The molecule has 33 heavy (non-hydrogen) atoms. The second-order valence-corrected chi connectivity index (χ2v) is 8.69. The number of anilines is 2. The average Bonchev–Trinajstić information content (AvgIpc) is 3.27. The molecule has 0 saturated carbocycles. The van der Waals surface area contributed by atoms with Crippen LogP contribution in [-0.2, 0) is 6.42 Å². The zero-order valence-electron chi connectivity index (χ0n) is 18.7. The minimum Gasteiger partial charge on any atom is -0.454 e. The summed E-state index contributed by atoms with van der Waals surface area (Å²) in [5, 5.41) is 22.0. The standard InChI is InChI=1S/C23H26N6O4/c1-27(2)15-7-9-28(10-8-15)23-16-4-5-18(29(30)31)22(24)21(16)17(25-26-23)11-14-3-6-19-20(12-14)33-13-32-19/h3-6,12,15H,7-11,13,24H2,1-2H3. The lowest BCUT2D eigenvalue weighted by Crippen LogP contribution is -2.42. The third kappa shape index (κ3) is 3.86. The quantitative estimate of drug-likeness (QED) is 0.355. The number of nitrogens with two attached hydrogens (primary N) is 1. The summed E-state index contributed by atoms with van der Waals surface area (Å²) in [6, 6.07) is 9.39. The Balaban J connectivity index is 1.56. The van der Waals surface area contributed by atoms with E-state index in [0.717, 1.165) is 42.7 Å². The molecule has 5 rings (SSSR count). The summed E-state index contributed by atoms with van der Waals surface area (Å²) in [4.78, 5) is 15.6. The fraction of sp³-hybridized carbons (Fsp3) is 0.391. The van der Waals surface area contributed by atoms with Gasteiger partial charge in [-0.25, -0.2) is 0 Å². The van der Waals surface area contributed by atoms with Gasteiger partial charge in [0.15, 0.2) is 17.3 Å². The number of hydrogen-bond donors (Lipinski definition) is 1. The molecule has 3 aromatic rings. The van der Waals surface area contributed by atoms with Gasteiger partial charge in [0, 0.05) is 42.4 Å². The second-order valence-electron chi connectivity index (χ2n) is 8.69. The molecule has 1 aromatic heterocycles. The molecule has 0 spiro atoms. The number of nitro groups is 1. The molecule has 1 saturated heterocycles. The highest BCUT2D eigenvalue weighted by Crippen LogP contribution is 2.38. The number of aromatic nitrogens is 2. The van der Waals surface area contributed by atoms with Crippen LogP contribution in [0.1, 0.15) is 24.1 Å². The molecule has 2 aliphatic rings. The van der Waals surface area contributed by atoms with Gasteiger partial charge in [0.25, 0.3) is 5.69 Å². The molecule has 0 bridgehead atoms. The largest absolute Gasteiger partial charge is 0.454 e. The third-order valence-corrected chi connectivity index (χ3v) is 6.52. The first-order valence-electron chi connectivity index (χ1n) is 10.9. The van der Waals surface area contributed by atoms with Crippen molar-refractivity contribution in [2.75, 3.05) is 44.6 Å². The van der Waals surface area contributed by atoms with Crippen LogP contribution >= 0.6 is 0 Å². The maximum Gasteiger partial charge on any atom is 0.292 e. The molecule has 2 aliphatic heterocycles. The minimum atomic E-state index is -0.457. The van der Waals surface area contributed by atoms with Crippen LogP contribution < -0.4 is 20.1 Å². The van der Waals surface area contributed by atoms with E-state index < -0.39 is 4.92 Å². The topological polar surface area (TPSA) is 120 Å². The summed E-state index contributed by atoms with van der Waals surface area (Å²) in [7, 11) is 4.20. The second kappa shape index (κ2) is 8.36. The van der Waals surface area contributed by atoms with Crippen LogP contribution in [-0.4, -0.2) is 60.0 Å². The van der Waals surface area contributed by atoms with Crippen LogP contribution in [0.2, 0.25) is 0 Å². The summed E-state index contributed by atoms with van der Waals surface area (Å²) in [5.74, 6) is 2.09. The average molecular weight is 450 g/mol. The lowest BCUT2D eigenvalue weighted by Gasteiger charge is -2.36. The Hall–Kier alpha value is -3.66. The Morgan fingerprint density at radius 2 is 1.91 bits per heavy atom. The van der Waals surface area contributed by atoms with Crippen molar-refractivity contribution in [3.63, 3.8) is 0 Å². The number of piperidine rings is 1. The van der Waals surface area contributed by atoms with Crippen LogP contribution in [0, 0.1) is 10.1 Å². The Labute approximate surface area is 191 Å². The van der Waals surface area contributed by atoms with Crippen LogP contribution in [0.5, 0.6) is 11.5 Å². The zero-order valence-corrected chi connectivity index (χ0v) is 18.7. The lowest BCUT2D eigenvalue weighted by molar-refractivity contribution is -0.383. The van der Waals surface area contributed by atoms with E-state index in [-0.39, 0.29) is 18.2 Å². The lowest BCUT2D eigenvalue weighted by atomic mass is 10.00. The molecule has 10 nitrogen and oxygen atoms in total. The van der Waals surface area contributed by atoms with Crippen LogP contribution in [0.3, 0.4) is 0 Å². The molecular formula is C23H26N6O4. The van der Waals surface area contributed by atoms with E-state index in [1.165, 1.54) is 6.07 Å². The van der Waals surface area contributed by atoms with Gasteiger partial charge in [0.05, 0.1) is 10.6 Å². The highest BCUT2D eigenvalue weighted by atomic mass is 16.7. The molecule has 0 unspecified atom stereocenters. The van der Waals surface area contributed by atoms with Crippen molar-refractivity contribution in [1.82, 2.24) is 15.1 Å². The minimum absolute atomic E-state index is 0.118. The number of nitrogen functional groups attached to an aromatic ring is 1. The Morgan fingerprint density at radius 1 is 1.15 bits per heavy atom. The predicted molar refractivity (Wildman–Crippen MR) is 125 cm³/mol. The molecule has 0 amide bonds. The van der Waals surface area contributed by atoms with Gasteiger partial charge < -0.3 is 25.0 Å². The number of hydrogen-bond acceptors (Lipinski definition) is 9. The summed E-state index contributed by atoms with van der Waals surface area (Å²) in [5.41, 5.74) is 7.86. The Morgan fingerprint density at radius 3 is 2.64 bits per heavy atom. The van der Waals surface area contributed by atoms with Crippen molar-refractivity contribution in [1.29, 1.82) is 0 Å². The van der Waals surface area contributed by atoms with E-state index in [1.807, 2.05) is 18.2 Å². The van der Waals surface area contributed by atoms with E-state index in [4.69, 9.17) is 15.2 Å². The molecule has 2 aromatic carbocycles. The summed E-state index contributed by atoms with van der Waals surface area (Å²) in [6.45, 7) is 1.87. The smallest absolute Gasteiger partial charge is 0.292 e. The summed E-state index contributed by atoms with van der Waals surface area (Å²) < 4.78 is 10.9. The van der Waals surface area contributed by atoms with Gasteiger partial charge in [-0.3, -0.25) is 10.1 Å². The van der Waals surface area contributed by atoms with E-state index in [0.29, 0.717) is 35.0 Å². The van der Waals surface area contributed by atoms with E-state index >= 15 is 0 Å².